The molecule has 1 aromatic carbocycles. The van der Waals surface area contributed by atoms with Gasteiger partial charge in [0, 0.05) is 30.3 Å². The summed E-state index contributed by atoms with van der Waals surface area (Å²) in [5.41, 5.74) is 6.81. The van der Waals surface area contributed by atoms with Crippen molar-refractivity contribution in [1.82, 2.24) is 4.90 Å². The molecule has 0 aliphatic heterocycles. The summed E-state index contributed by atoms with van der Waals surface area (Å²) in [5, 5.41) is 0. The maximum absolute atomic E-state index is 12.2. The monoisotopic (exact) mass is 292 g/mol. The van der Waals surface area contributed by atoms with Crippen LogP contribution in [0.2, 0.25) is 0 Å². The Morgan fingerprint density at radius 3 is 2.71 bits per heavy atom. The number of nitrogens with two attached hydrogens (primary N) is 1. The van der Waals surface area contributed by atoms with Gasteiger partial charge in [-0.15, -0.1) is 0 Å². The summed E-state index contributed by atoms with van der Waals surface area (Å²) in [6.07, 6.45) is 2.20. The molecule has 5 heteroatoms. The van der Waals surface area contributed by atoms with E-state index in [0.717, 1.165) is 24.9 Å². The molecule has 116 valence electrons. The first-order chi connectivity index (χ1) is 10.1. The maximum atomic E-state index is 12.2. The molecule has 1 fully saturated rings. The quantitative estimate of drug-likeness (QED) is 0.836. The van der Waals surface area contributed by atoms with Crippen molar-refractivity contribution in [3.63, 3.8) is 0 Å². The van der Waals surface area contributed by atoms with E-state index < -0.39 is 0 Å². The summed E-state index contributed by atoms with van der Waals surface area (Å²) in [5.74, 6) is 1.33. The molecule has 1 aliphatic carbocycles. The fraction of sp³-hybridized carbons (Fsp3) is 0.562. The van der Waals surface area contributed by atoms with Crippen LogP contribution >= 0.6 is 0 Å². The Hall–Kier alpha value is -1.75. The largest absolute Gasteiger partial charge is 0.497 e. The van der Waals surface area contributed by atoms with Gasteiger partial charge in [-0.3, -0.25) is 4.79 Å². The molecule has 0 heterocycles. The lowest BCUT2D eigenvalue weighted by Crippen LogP contribution is -2.36. The highest BCUT2D eigenvalue weighted by molar-refractivity contribution is 5.78. The van der Waals surface area contributed by atoms with Gasteiger partial charge in [0.25, 0.3) is 5.91 Å². The number of hydrogen-bond acceptors (Lipinski definition) is 4. The number of carbonyl (C=O) groups excluding carboxylic acids is 1. The van der Waals surface area contributed by atoms with Crippen molar-refractivity contribution in [3.8, 4) is 11.5 Å². The van der Waals surface area contributed by atoms with Crippen LogP contribution in [0.5, 0.6) is 11.5 Å². The molecule has 2 N–H and O–H groups in total. The standard InChI is InChI=1S/C16H24N2O3/c1-4-18(12-5-6-12)16(19)10-21-15-9-13(20-3)7-8-14(15)11(2)17/h7-9,11-12H,4-6,10,17H2,1-3H3. The third-order valence-electron chi connectivity index (χ3n) is 3.71. The van der Waals surface area contributed by atoms with E-state index in [1.54, 1.807) is 13.2 Å². The number of nitrogens with zero attached hydrogens (tertiary/aromatic N) is 1. The number of benzene rings is 1. The first kappa shape index (κ1) is 15.6. The number of likely N-dealkylation sites (N-methyl/N-ethyl adjacent to an activating group) is 1. The molecule has 1 saturated carbocycles. The van der Waals surface area contributed by atoms with E-state index in [0.29, 0.717) is 17.5 Å². The van der Waals surface area contributed by atoms with Gasteiger partial charge in [0.2, 0.25) is 0 Å². The Balaban J connectivity index is 2.05. The third-order valence-corrected chi connectivity index (χ3v) is 3.71. The van der Waals surface area contributed by atoms with Crippen molar-refractivity contribution in [2.75, 3.05) is 20.3 Å². The van der Waals surface area contributed by atoms with Crippen molar-refractivity contribution >= 4 is 5.91 Å². The topological polar surface area (TPSA) is 64.8 Å². The van der Waals surface area contributed by atoms with Crippen LogP contribution in [0.4, 0.5) is 0 Å². The Morgan fingerprint density at radius 2 is 2.19 bits per heavy atom. The Kier molecular flexibility index (Phi) is 5.07. The minimum absolute atomic E-state index is 0.0263. The fourth-order valence-electron chi connectivity index (χ4n) is 2.39. The third kappa shape index (κ3) is 3.88. The van der Waals surface area contributed by atoms with Gasteiger partial charge in [-0.1, -0.05) is 6.07 Å². The minimum Gasteiger partial charge on any atom is -0.497 e. The lowest BCUT2D eigenvalue weighted by Gasteiger charge is -2.21. The average molecular weight is 292 g/mol. The summed E-state index contributed by atoms with van der Waals surface area (Å²) in [4.78, 5) is 14.1. The van der Waals surface area contributed by atoms with E-state index >= 15 is 0 Å². The van der Waals surface area contributed by atoms with Crippen molar-refractivity contribution < 1.29 is 14.3 Å². The molecule has 2 rings (SSSR count). The predicted molar refractivity (Wildman–Crippen MR) is 81.5 cm³/mol. The van der Waals surface area contributed by atoms with E-state index in [9.17, 15) is 4.79 Å². The number of rotatable bonds is 7. The predicted octanol–water partition coefficient (Wildman–Crippen LogP) is 2.10. The van der Waals surface area contributed by atoms with Crippen LogP contribution in [0.25, 0.3) is 0 Å². The van der Waals surface area contributed by atoms with E-state index in [2.05, 4.69) is 0 Å². The second kappa shape index (κ2) is 6.80. The van der Waals surface area contributed by atoms with Crippen molar-refractivity contribution in [2.24, 2.45) is 5.73 Å². The van der Waals surface area contributed by atoms with Crippen molar-refractivity contribution in [1.29, 1.82) is 0 Å². The molecule has 0 bridgehead atoms. The number of methoxy groups -OCH3 is 1. The van der Waals surface area contributed by atoms with E-state index in [4.69, 9.17) is 15.2 Å². The van der Waals surface area contributed by atoms with Crippen LogP contribution in [0.3, 0.4) is 0 Å². The van der Waals surface area contributed by atoms with Crippen LogP contribution in [0, 0.1) is 0 Å². The zero-order valence-corrected chi connectivity index (χ0v) is 13.0. The van der Waals surface area contributed by atoms with Crippen LogP contribution in [0.1, 0.15) is 38.3 Å². The van der Waals surface area contributed by atoms with Crippen molar-refractivity contribution in [3.05, 3.63) is 23.8 Å². The van der Waals surface area contributed by atoms with Gasteiger partial charge < -0.3 is 20.1 Å². The smallest absolute Gasteiger partial charge is 0.260 e. The summed E-state index contributed by atoms with van der Waals surface area (Å²) >= 11 is 0. The number of amides is 1. The fourth-order valence-corrected chi connectivity index (χ4v) is 2.39. The van der Waals surface area contributed by atoms with Crippen LogP contribution in [0.15, 0.2) is 18.2 Å². The lowest BCUT2D eigenvalue weighted by molar-refractivity contribution is -0.133. The first-order valence-corrected chi connectivity index (χ1v) is 7.42. The van der Waals surface area contributed by atoms with Crippen LogP contribution < -0.4 is 15.2 Å². The van der Waals surface area contributed by atoms with Gasteiger partial charge in [-0.2, -0.15) is 0 Å². The number of hydrogen-bond donors (Lipinski definition) is 1. The van der Waals surface area contributed by atoms with Crippen molar-refractivity contribution in [2.45, 2.75) is 38.8 Å². The molecule has 0 spiro atoms. The maximum Gasteiger partial charge on any atom is 0.260 e. The summed E-state index contributed by atoms with van der Waals surface area (Å²) in [6.45, 7) is 4.65. The zero-order valence-electron chi connectivity index (χ0n) is 13.0. The molecular formula is C16H24N2O3. The van der Waals surface area contributed by atoms with E-state index in [1.165, 1.54) is 0 Å². The number of carbonyl (C=O) groups is 1. The average Bonchev–Trinajstić information content (AvgIpc) is 3.30. The molecule has 1 atom stereocenters. The Morgan fingerprint density at radius 1 is 1.48 bits per heavy atom. The Bertz CT molecular complexity index is 498. The van der Waals surface area contributed by atoms with Crippen LogP contribution in [-0.2, 0) is 4.79 Å². The van der Waals surface area contributed by atoms with Gasteiger partial charge >= 0.3 is 0 Å². The van der Waals surface area contributed by atoms with Gasteiger partial charge in [0.05, 0.1) is 7.11 Å². The van der Waals surface area contributed by atoms with E-state index in [-0.39, 0.29) is 18.6 Å². The molecule has 0 saturated heterocycles. The molecule has 21 heavy (non-hydrogen) atoms. The molecule has 0 radical (unpaired) electrons. The molecular weight excluding hydrogens is 268 g/mol. The van der Waals surface area contributed by atoms with E-state index in [1.807, 2.05) is 30.9 Å². The van der Waals surface area contributed by atoms with Gasteiger partial charge in [-0.05, 0) is 32.8 Å². The second-order valence-corrected chi connectivity index (χ2v) is 5.39. The minimum atomic E-state index is -0.160. The number of ether oxygens (including phenoxy) is 2. The normalized spacial score (nSPS) is 15.4. The highest BCUT2D eigenvalue weighted by Gasteiger charge is 2.31. The summed E-state index contributed by atoms with van der Waals surface area (Å²) in [6, 6.07) is 5.74. The second-order valence-electron chi connectivity index (χ2n) is 5.39. The first-order valence-electron chi connectivity index (χ1n) is 7.42. The lowest BCUT2D eigenvalue weighted by atomic mass is 10.1. The molecule has 1 amide bonds. The molecule has 5 nitrogen and oxygen atoms in total. The molecule has 1 aromatic rings. The molecule has 0 aromatic heterocycles. The molecule has 1 unspecified atom stereocenters. The van der Waals surface area contributed by atoms with Gasteiger partial charge in [0.1, 0.15) is 11.5 Å². The highest BCUT2D eigenvalue weighted by Crippen LogP contribution is 2.29. The zero-order chi connectivity index (χ0) is 15.4. The Labute approximate surface area is 126 Å². The van der Waals surface area contributed by atoms with Gasteiger partial charge in [0.15, 0.2) is 6.61 Å². The SMILES string of the molecule is CCN(C(=O)COc1cc(OC)ccc1C(C)N)C1CC1. The summed E-state index contributed by atoms with van der Waals surface area (Å²) < 4.78 is 10.9. The summed E-state index contributed by atoms with van der Waals surface area (Å²) in [7, 11) is 1.60. The molecule has 1 aliphatic rings. The highest BCUT2D eigenvalue weighted by atomic mass is 16.5. The van der Waals surface area contributed by atoms with Gasteiger partial charge in [-0.25, -0.2) is 0 Å². The van der Waals surface area contributed by atoms with Crippen LogP contribution in [-0.4, -0.2) is 37.1 Å².